The van der Waals surface area contributed by atoms with E-state index in [4.69, 9.17) is 9.15 Å². The Kier molecular flexibility index (Phi) is 5.51. The molecule has 3 aromatic rings. The summed E-state index contributed by atoms with van der Waals surface area (Å²) in [5, 5.41) is 11.9. The number of furan rings is 1. The molecule has 1 aromatic heterocycles. The van der Waals surface area contributed by atoms with Crippen LogP contribution in [0.25, 0.3) is 17.4 Å². The van der Waals surface area contributed by atoms with Crippen molar-refractivity contribution in [2.24, 2.45) is 0 Å². The molecule has 0 fully saturated rings. The van der Waals surface area contributed by atoms with Crippen LogP contribution in [0.15, 0.2) is 64.6 Å². The molecule has 5 nitrogen and oxygen atoms in total. The van der Waals surface area contributed by atoms with Gasteiger partial charge in [-0.2, -0.15) is 5.26 Å². The fraction of sp³-hybridized carbons (Fsp3) is 0.0476. The van der Waals surface area contributed by atoms with Crippen LogP contribution in [-0.4, -0.2) is 13.0 Å². The first-order chi connectivity index (χ1) is 13.5. The molecule has 0 aliphatic carbocycles. The molecule has 0 saturated heterocycles. The maximum absolute atomic E-state index is 13.9. The first-order valence-corrected chi connectivity index (χ1v) is 8.13. The molecule has 7 heteroatoms. The third kappa shape index (κ3) is 4.07. The van der Waals surface area contributed by atoms with E-state index in [1.165, 1.54) is 31.4 Å². The van der Waals surface area contributed by atoms with Crippen molar-refractivity contribution in [1.29, 1.82) is 5.26 Å². The van der Waals surface area contributed by atoms with Crippen molar-refractivity contribution >= 4 is 17.7 Å². The summed E-state index contributed by atoms with van der Waals surface area (Å²) in [5.41, 5.74) is 0.258. The van der Waals surface area contributed by atoms with Gasteiger partial charge in [-0.15, -0.1) is 0 Å². The predicted octanol–water partition coefficient (Wildman–Crippen LogP) is 4.78. The monoisotopic (exact) mass is 380 g/mol. The first kappa shape index (κ1) is 18.9. The molecule has 3 rings (SSSR count). The van der Waals surface area contributed by atoms with Gasteiger partial charge in [0.25, 0.3) is 5.91 Å². The molecule has 0 atom stereocenters. The number of hydrogen-bond acceptors (Lipinski definition) is 4. The number of anilines is 1. The van der Waals surface area contributed by atoms with Crippen molar-refractivity contribution in [3.8, 4) is 23.1 Å². The van der Waals surface area contributed by atoms with Crippen LogP contribution < -0.4 is 10.1 Å². The van der Waals surface area contributed by atoms with Crippen LogP contribution >= 0.6 is 0 Å². The van der Waals surface area contributed by atoms with Gasteiger partial charge in [-0.1, -0.05) is 12.1 Å². The van der Waals surface area contributed by atoms with E-state index >= 15 is 0 Å². The summed E-state index contributed by atoms with van der Waals surface area (Å²) < 4.78 is 37.5. The second kappa shape index (κ2) is 8.18. The fourth-order valence-electron chi connectivity index (χ4n) is 2.49. The van der Waals surface area contributed by atoms with Crippen LogP contribution in [0.3, 0.4) is 0 Å². The van der Waals surface area contributed by atoms with Gasteiger partial charge in [0.05, 0.1) is 18.4 Å². The van der Waals surface area contributed by atoms with E-state index in [1.807, 2.05) is 0 Å². The number of para-hydroxylation sites is 2. The number of ether oxygens (including phenoxy) is 1. The van der Waals surface area contributed by atoms with Crippen LogP contribution in [0.1, 0.15) is 5.76 Å². The molecule has 0 spiro atoms. The molecular formula is C21H14F2N2O3. The van der Waals surface area contributed by atoms with E-state index in [9.17, 15) is 18.8 Å². The number of methoxy groups -OCH3 is 1. The van der Waals surface area contributed by atoms with E-state index in [-0.39, 0.29) is 22.7 Å². The van der Waals surface area contributed by atoms with Crippen LogP contribution in [0.5, 0.6) is 5.75 Å². The number of amides is 1. The lowest BCUT2D eigenvalue weighted by Crippen LogP contribution is -2.14. The third-order valence-electron chi connectivity index (χ3n) is 3.83. The minimum absolute atomic E-state index is 0.0676. The van der Waals surface area contributed by atoms with Crippen molar-refractivity contribution in [3.05, 3.63) is 77.6 Å². The average molecular weight is 380 g/mol. The molecule has 1 N–H and O–H groups in total. The normalized spacial score (nSPS) is 11.0. The average Bonchev–Trinajstić information content (AvgIpc) is 3.14. The Morgan fingerprint density at radius 2 is 1.96 bits per heavy atom. The highest BCUT2D eigenvalue weighted by Crippen LogP contribution is 2.27. The van der Waals surface area contributed by atoms with Gasteiger partial charge in [0, 0.05) is 12.1 Å². The molecular weight excluding hydrogens is 366 g/mol. The molecule has 28 heavy (non-hydrogen) atoms. The van der Waals surface area contributed by atoms with Gasteiger partial charge in [0.15, 0.2) is 0 Å². The lowest BCUT2D eigenvalue weighted by atomic mass is 10.1. The van der Waals surface area contributed by atoms with Gasteiger partial charge < -0.3 is 14.5 Å². The van der Waals surface area contributed by atoms with E-state index in [0.29, 0.717) is 11.4 Å². The summed E-state index contributed by atoms with van der Waals surface area (Å²) in [5.74, 6) is -1.37. The van der Waals surface area contributed by atoms with E-state index in [1.54, 1.807) is 30.3 Å². The van der Waals surface area contributed by atoms with Crippen molar-refractivity contribution in [2.75, 3.05) is 12.4 Å². The largest absolute Gasteiger partial charge is 0.495 e. The molecule has 0 aliphatic rings. The Bertz CT molecular complexity index is 1100. The Labute approximate surface area is 159 Å². The van der Waals surface area contributed by atoms with Crippen molar-refractivity contribution < 1.29 is 22.7 Å². The van der Waals surface area contributed by atoms with Crippen molar-refractivity contribution in [3.63, 3.8) is 0 Å². The van der Waals surface area contributed by atoms with E-state index in [2.05, 4.69) is 5.32 Å². The Morgan fingerprint density at radius 3 is 2.68 bits per heavy atom. The topological polar surface area (TPSA) is 75.3 Å². The highest BCUT2D eigenvalue weighted by molar-refractivity contribution is 6.10. The standard InChI is InChI=1S/C21H14F2N2O3/c1-27-20-5-3-2-4-18(20)25-21(26)13(12-24)10-15-7-9-19(28-15)16-8-6-14(22)11-17(16)23/h2-11H,1H3,(H,25,26)/b13-10+. The fourth-order valence-corrected chi connectivity index (χ4v) is 2.49. The highest BCUT2D eigenvalue weighted by Gasteiger charge is 2.14. The second-order valence-corrected chi connectivity index (χ2v) is 5.65. The van der Waals surface area contributed by atoms with Gasteiger partial charge in [-0.3, -0.25) is 4.79 Å². The number of benzene rings is 2. The number of halogens is 2. The van der Waals surface area contributed by atoms with E-state index in [0.717, 1.165) is 12.1 Å². The number of nitrogens with one attached hydrogen (secondary N) is 1. The minimum atomic E-state index is -0.778. The van der Waals surface area contributed by atoms with Crippen LogP contribution in [0.4, 0.5) is 14.5 Å². The zero-order valence-electron chi connectivity index (χ0n) is 14.7. The van der Waals surface area contributed by atoms with Gasteiger partial charge in [0.1, 0.15) is 40.5 Å². The molecule has 0 saturated carbocycles. The molecule has 2 aromatic carbocycles. The quantitative estimate of drug-likeness (QED) is 0.511. The minimum Gasteiger partial charge on any atom is -0.495 e. The number of nitriles is 1. The van der Waals surface area contributed by atoms with Gasteiger partial charge in [-0.05, 0) is 36.4 Å². The molecule has 140 valence electrons. The van der Waals surface area contributed by atoms with Gasteiger partial charge in [-0.25, -0.2) is 8.78 Å². The summed E-state index contributed by atoms with van der Waals surface area (Å²) >= 11 is 0. The Balaban J connectivity index is 1.84. The van der Waals surface area contributed by atoms with Gasteiger partial charge in [0.2, 0.25) is 0 Å². The predicted molar refractivity (Wildman–Crippen MR) is 99.3 cm³/mol. The lowest BCUT2D eigenvalue weighted by Gasteiger charge is -2.08. The summed E-state index contributed by atoms with van der Waals surface area (Å²) in [4.78, 5) is 12.4. The number of carbonyl (C=O) groups is 1. The maximum atomic E-state index is 13.9. The van der Waals surface area contributed by atoms with Crippen molar-refractivity contribution in [2.45, 2.75) is 0 Å². The second-order valence-electron chi connectivity index (χ2n) is 5.65. The number of rotatable bonds is 5. The van der Waals surface area contributed by atoms with E-state index < -0.39 is 17.5 Å². The molecule has 0 unspecified atom stereocenters. The molecule has 0 bridgehead atoms. The highest BCUT2D eigenvalue weighted by atomic mass is 19.1. The Hall–Kier alpha value is -3.92. The Morgan fingerprint density at radius 1 is 1.18 bits per heavy atom. The van der Waals surface area contributed by atoms with Crippen LogP contribution in [0, 0.1) is 23.0 Å². The summed E-state index contributed by atoms with van der Waals surface area (Å²) in [7, 11) is 1.46. The molecule has 1 heterocycles. The lowest BCUT2D eigenvalue weighted by molar-refractivity contribution is -0.112. The zero-order valence-corrected chi connectivity index (χ0v) is 14.7. The first-order valence-electron chi connectivity index (χ1n) is 8.13. The third-order valence-corrected chi connectivity index (χ3v) is 3.83. The van der Waals surface area contributed by atoms with Gasteiger partial charge >= 0.3 is 0 Å². The van der Waals surface area contributed by atoms with Crippen LogP contribution in [-0.2, 0) is 4.79 Å². The smallest absolute Gasteiger partial charge is 0.266 e. The van der Waals surface area contributed by atoms with Crippen LogP contribution in [0.2, 0.25) is 0 Å². The summed E-state index contributed by atoms with van der Waals surface area (Å²) in [6, 6.07) is 14.6. The summed E-state index contributed by atoms with van der Waals surface area (Å²) in [6.07, 6.45) is 1.23. The number of nitrogens with zero attached hydrogens (tertiary/aromatic N) is 1. The SMILES string of the molecule is COc1ccccc1NC(=O)/C(C#N)=C/c1ccc(-c2ccc(F)cc2F)o1. The number of carbonyl (C=O) groups excluding carboxylic acids is 1. The molecule has 1 amide bonds. The number of hydrogen-bond donors (Lipinski definition) is 1. The maximum Gasteiger partial charge on any atom is 0.266 e. The summed E-state index contributed by atoms with van der Waals surface area (Å²) in [6.45, 7) is 0. The molecule has 0 aliphatic heterocycles. The van der Waals surface area contributed by atoms with Crippen molar-refractivity contribution in [1.82, 2.24) is 0 Å². The zero-order chi connectivity index (χ0) is 20.1. The molecule has 0 radical (unpaired) electrons.